The molecule has 186 valence electrons. The van der Waals surface area contributed by atoms with E-state index >= 15 is 0 Å². The van der Waals surface area contributed by atoms with Crippen molar-refractivity contribution in [2.45, 2.75) is 51.1 Å². The van der Waals surface area contributed by atoms with Crippen LogP contribution in [0, 0.1) is 11.7 Å². The Balaban J connectivity index is 1.50. The lowest BCUT2D eigenvalue weighted by Crippen LogP contribution is -2.29. The smallest absolute Gasteiger partial charge is 0.263 e. The Morgan fingerprint density at radius 2 is 1.94 bits per heavy atom. The van der Waals surface area contributed by atoms with Crippen LogP contribution in [0.3, 0.4) is 0 Å². The molecule has 5 nitrogen and oxygen atoms in total. The third-order valence-corrected chi connectivity index (χ3v) is 8.58. The van der Waals surface area contributed by atoms with E-state index in [9.17, 15) is 14.0 Å². The minimum atomic E-state index is -0.383. The van der Waals surface area contributed by atoms with E-state index in [2.05, 4.69) is 13.8 Å². The molecule has 0 bridgehead atoms. The number of rotatable bonds is 8. The Labute approximate surface area is 217 Å². The molecule has 2 aromatic carbocycles. The molecule has 1 atom stereocenters. The average molecular weight is 523 g/mol. The summed E-state index contributed by atoms with van der Waals surface area (Å²) in [5.74, 6) is -0.0545. The van der Waals surface area contributed by atoms with Crippen LogP contribution in [0.4, 0.5) is 4.39 Å². The summed E-state index contributed by atoms with van der Waals surface area (Å²) in [7, 11) is 0. The molecular formula is C28H27FN2O3S2. The first-order valence-electron chi connectivity index (χ1n) is 12.0. The van der Waals surface area contributed by atoms with E-state index in [0.717, 1.165) is 16.0 Å². The topological polar surface area (TPSA) is 61.2 Å². The molecule has 8 heteroatoms. The first kappa shape index (κ1) is 24.9. The zero-order chi connectivity index (χ0) is 25.2. The van der Waals surface area contributed by atoms with Crippen LogP contribution in [0.1, 0.15) is 40.2 Å². The molecule has 0 spiro atoms. The van der Waals surface area contributed by atoms with E-state index in [1.807, 2.05) is 30.3 Å². The van der Waals surface area contributed by atoms with Crippen LogP contribution in [0.2, 0.25) is 0 Å². The number of nitrogens with zero attached hydrogens (tertiary/aromatic N) is 2. The summed E-state index contributed by atoms with van der Waals surface area (Å²) in [6, 6.07) is 15.5. The minimum absolute atomic E-state index is 0.0606. The molecule has 0 saturated heterocycles. The Kier molecular flexibility index (Phi) is 7.37. The quantitative estimate of drug-likeness (QED) is 0.164. The van der Waals surface area contributed by atoms with Gasteiger partial charge in [0.2, 0.25) is 0 Å². The molecule has 0 aliphatic carbocycles. The minimum Gasteiger partial charge on any atom is -0.372 e. The Hall–Kier alpha value is -2.81. The first-order chi connectivity index (χ1) is 17.4. The lowest BCUT2D eigenvalue weighted by Gasteiger charge is -2.26. The van der Waals surface area contributed by atoms with E-state index in [1.54, 1.807) is 4.57 Å². The molecule has 36 heavy (non-hydrogen) atoms. The number of ether oxygens (including phenoxy) is 1. The average Bonchev–Trinajstić information content (AvgIpc) is 3.25. The second kappa shape index (κ2) is 10.7. The van der Waals surface area contributed by atoms with Crippen molar-refractivity contribution in [2.24, 2.45) is 5.92 Å². The van der Waals surface area contributed by atoms with Gasteiger partial charge in [0, 0.05) is 23.4 Å². The molecule has 0 radical (unpaired) electrons. The summed E-state index contributed by atoms with van der Waals surface area (Å²) >= 11 is 2.76. The number of thioether (sulfide) groups is 1. The van der Waals surface area contributed by atoms with Gasteiger partial charge in [-0.1, -0.05) is 55.9 Å². The molecule has 0 saturated carbocycles. The van der Waals surface area contributed by atoms with Crippen molar-refractivity contribution < 1.29 is 13.9 Å². The second-order valence-electron chi connectivity index (χ2n) is 9.29. The SMILES string of the molecule is CC(C)C1Cc2c(sc3nc(SCC(=O)c4ccc(F)cc4)n(CCc4ccccc4)c(=O)c23)CO1. The Bertz CT molecular complexity index is 1450. The molecule has 4 aromatic rings. The fourth-order valence-electron chi connectivity index (χ4n) is 4.41. The monoisotopic (exact) mass is 522 g/mol. The van der Waals surface area contributed by atoms with Gasteiger partial charge in [0.15, 0.2) is 10.9 Å². The number of aryl methyl sites for hydroxylation is 1. The number of ketones is 1. The van der Waals surface area contributed by atoms with Crippen molar-refractivity contribution in [3.63, 3.8) is 0 Å². The largest absolute Gasteiger partial charge is 0.372 e. The highest BCUT2D eigenvalue weighted by molar-refractivity contribution is 7.99. The molecule has 5 rings (SSSR count). The van der Waals surface area contributed by atoms with Crippen molar-refractivity contribution in [1.82, 2.24) is 9.55 Å². The van der Waals surface area contributed by atoms with E-state index in [0.29, 0.717) is 52.8 Å². The van der Waals surface area contributed by atoms with Gasteiger partial charge in [-0.15, -0.1) is 11.3 Å². The highest BCUT2D eigenvalue weighted by Crippen LogP contribution is 2.36. The zero-order valence-electron chi connectivity index (χ0n) is 20.2. The number of thiophene rings is 1. The highest BCUT2D eigenvalue weighted by Gasteiger charge is 2.28. The summed E-state index contributed by atoms with van der Waals surface area (Å²) in [6.07, 6.45) is 1.46. The summed E-state index contributed by atoms with van der Waals surface area (Å²) in [4.78, 5) is 33.3. The molecule has 0 amide bonds. The van der Waals surface area contributed by atoms with Gasteiger partial charge in [-0.3, -0.25) is 14.2 Å². The summed E-state index contributed by atoms with van der Waals surface area (Å²) in [5, 5.41) is 1.21. The number of fused-ring (bicyclic) bond motifs is 3. The van der Waals surface area contributed by atoms with Crippen molar-refractivity contribution in [2.75, 3.05) is 5.75 Å². The normalized spacial score (nSPS) is 15.4. The predicted molar refractivity (Wildman–Crippen MR) is 143 cm³/mol. The lowest BCUT2D eigenvalue weighted by molar-refractivity contribution is 0.00200. The predicted octanol–water partition coefficient (Wildman–Crippen LogP) is 5.91. The van der Waals surface area contributed by atoms with Crippen molar-refractivity contribution >= 4 is 39.1 Å². The molecular weight excluding hydrogens is 495 g/mol. The van der Waals surface area contributed by atoms with E-state index in [1.165, 1.54) is 47.4 Å². The van der Waals surface area contributed by atoms with E-state index in [4.69, 9.17) is 9.72 Å². The van der Waals surface area contributed by atoms with Gasteiger partial charge in [0.1, 0.15) is 10.6 Å². The van der Waals surface area contributed by atoms with Crippen LogP contribution in [-0.2, 0) is 30.7 Å². The van der Waals surface area contributed by atoms with Crippen LogP contribution < -0.4 is 5.56 Å². The molecule has 1 unspecified atom stereocenters. The summed E-state index contributed by atoms with van der Waals surface area (Å²) in [6.45, 7) is 5.22. The lowest BCUT2D eigenvalue weighted by atomic mass is 9.96. The van der Waals surface area contributed by atoms with E-state index < -0.39 is 0 Å². The number of hydrogen-bond acceptors (Lipinski definition) is 6. The maximum atomic E-state index is 13.9. The van der Waals surface area contributed by atoms with Gasteiger partial charge in [0.25, 0.3) is 5.56 Å². The number of carbonyl (C=O) groups is 1. The molecule has 1 aliphatic heterocycles. The number of halogens is 1. The summed E-state index contributed by atoms with van der Waals surface area (Å²) < 4.78 is 21.0. The first-order valence-corrected chi connectivity index (χ1v) is 13.8. The van der Waals surface area contributed by atoms with Crippen LogP contribution in [-0.4, -0.2) is 27.2 Å². The van der Waals surface area contributed by atoms with Crippen LogP contribution in [0.15, 0.2) is 64.5 Å². The van der Waals surface area contributed by atoms with Crippen molar-refractivity contribution in [3.8, 4) is 0 Å². The third-order valence-electron chi connectivity index (χ3n) is 6.50. The number of Topliss-reactive ketones (excluding diaryl/α,β-unsaturated/α-hetero) is 1. The fourth-order valence-corrected chi connectivity index (χ4v) is 6.50. The maximum Gasteiger partial charge on any atom is 0.263 e. The number of aromatic nitrogens is 2. The van der Waals surface area contributed by atoms with Crippen LogP contribution in [0.25, 0.3) is 10.2 Å². The van der Waals surface area contributed by atoms with Gasteiger partial charge < -0.3 is 4.74 Å². The third kappa shape index (κ3) is 5.16. The van der Waals surface area contributed by atoms with Gasteiger partial charge >= 0.3 is 0 Å². The highest BCUT2D eigenvalue weighted by atomic mass is 32.2. The van der Waals surface area contributed by atoms with E-state index in [-0.39, 0.29) is 29.0 Å². The second-order valence-corrected chi connectivity index (χ2v) is 11.3. The molecule has 2 aromatic heterocycles. The summed E-state index contributed by atoms with van der Waals surface area (Å²) in [5.41, 5.74) is 2.56. The van der Waals surface area contributed by atoms with Gasteiger partial charge in [-0.05, 0) is 47.7 Å². The van der Waals surface area contributed by atoms with Crippen LogP contribution >= 0.6 is 23.1 Å². The number of benzene rings is 2. The molecule has 0 N–H and O–H groups in total. The van der Waals surface area contributed by atoms with Gasteiger partial charge in [-0.25, -0.2) is 9.37 Å². The number of carbonyl (C=O) groups excluding carboxylic acids is 1. The van der Waals surface area contributed by atoms with Crippen molar-refractivity contribution in [1.29, 1.82) is 0 Å². The Morgan fingerprint density at radius 1 is 1.19 bits per heavy atom. The molecule has 0 fully saturated rings. The van der Waals surface area contributed by atoms with Gasteiger partial charge in [-0.2, -0.15) is 0 Å². The standard InChI is InChI=1S/C28H27FN2O3S2/c1-17(2)23-14-21-24(15-34-23)36-26-25(21)27(33)31(13-12-18-6-4-3-5-7-18)28(30-26)35-16-22(32)19-8-10-20(29)11-9-19/h3-11,17,23H,12-16H2,1-2H3. The molecule has 3 heterocycles. The Morgan fingerprint density at radius 3 is 2.67 bits per heavy atom. The van der Waals surface area contributed by atoms with Gasteiger partial charge in [0.05, 0.1) is 23.8 Å². The fraction of sp³-hybridized carbons (Fsp3) is 0.321. The van der Waals surface area contributed by atoms with Crippen LogP contribution in [0.5, 0.6) is 0 Å². The zero-order valence-corrected chi connectivity index (χ0v) is 21.8. The maximum absolute atomic E-state index is 13.9. The van der Waals surface area contributed by atoms with Crippen molar-refractivity contribution in [3.05, 3.63) is 92.3 Å². The number of hydrogen-bond donors (Lipinski definition) is 0. The molecule has 1 aliphatic rings.